The molecule has 2 aromatic carbocycles. The van der Waals surface area contributed by atoms with Gasteiger partial charge in [-0.2, -0.15) is 9.30 Å². The van der Waals surface area contributed by atoms with Crippen molar-refractivity contribution in [3.8, 4) is 11.5 Å². The minimum absolute atomic E-state index is 0.135. The second kappa shape index (κ2) is 9.05. The van der Waals surface area contributed by atoms with E-state index >= 15 is 0 Å². The molecule has 170 valence electrons. The number of hydrogen-bond donors (Lipinski definition) is 0. The molecule has 1 aromatic heterocycles. The molecule has 1 atom stereocenters. The second-order valence-corrected chi connectivity index (χ2v) is 10.5. The highest BCUT2D eigenvalue weighted by Gasteiger charge is 2.33. The minimum atomic E-state index is -3.64. The summed E-state index contributed by atoms with van der Waals surface area (Å²) in [5.41, 5.74) is 0.871. The van der Waals surface area contributed by atoms with Crippen molar-refractivity contribution >= 4 is 37.5 Å². The van der Waals surface area contributed by atoms with Gasteiger partial charge in [-0.25, -0.2) is 8.42 Å². The standard InChI is InChI=1S/C22H25N3O5S2/c1-24-17-12-18(29-2)19(30-3)13-20(17)31-22(24)23-21(26)15-8-7-11-25(14-15)32(27,28)16-9-5-4-6-10-16/h4-6,9-10,12-13,15H,7-8,11,14H2,1-3H3. The quantitative estimate of drug-likeness (QED) is 0.566. The van der Waals surface area contributed by atoms with Gasteiger partial charge < -0.3 is 14.0 Å². The molecular formula is C22H25N3O5S2. The van der Waals surface area contributed by atoms with Gasteiger partial charge in [0.15, 0.2) is 16.3 Å². The zero-order chi connectivity index (χ0) is 22.9. The van der Waals surface area contributed by atoms with Gasteiger partial charge >= 0.3 is 0 Å². The Morgan fingerprint density at radius 3 is 2.50 bits per heavy atom. The molecular weight excluding hydrogens is 450 g/mol. The van der Waals surface area contributed by atoms with Crippen LogP contribution in [0.1, 0.15) is 12.8 Å². The van der Waals surface area contributed by atoms with Crippen molar-refractivity contribution in [2.75, 3.05) is 27.3 Å². The first kappa shape index (κ1) is 22.5. The number of methoxy groups -OCH3 is 2. The second-order valence-electron chi connectivity index (χ2n) is 7.58. The molecule has 0 radical (unpaired) electrons. The van der Waals surface area contributed by atoms with E-state index in [0.717, 1.165) is 10.2 Å². The topological polar surface area (TPSA) is 90.2 Å². The summed E-state index contributed by atoms with van der Waals surface area (Å²) in [6.07, 6.45) is 1.23. The summed E-state index contributed by atoms with van der Waals surface area (Å²) in [5.74, 6) is 0.421. The Labute approximate surface area is 190 Å². The lowest BCUT2D eigenvalue weighted by atomic mass is 9.99. The molecule has 0 bridgehead atoms. The average Bonchev–Trinajstić information content (AvgIpc) is 3.12. The molecule has 0 aliphatic carbocycles. The van der Waals surface area contributed by atoms with Crippen LogP contribution in [0.25, 0.3) is 10.2 Å². The molecule has 1 aliphatic rings. The SMILES string of the molecule is COc1cc2sc(=NC(=O)C3CCCN(S(=O)(=O)c4ccccc4)C3)n(C)c2cc1OC. The zero-order valence-electron chi connectivity index (χ0n) is 18.1. The van der Waals surface area contributed by atoms with Crippen LogP contribution in [0.3, 0.4) is 0 Å². The largest absolute Gasteiger partial charge is 0.493 e. The first-order chi connectivity index (χ1) is 15.3. The Morgan fingerprint density at radius 2 is 1.81 bits per heavy atom. The molecule has 1 amide bonds. The summed E-state index contributed by atoms with van der Waals surface area (Å²) in [5, 5.41) is 0. The first-order valence-corrected chi connectivity index (χ1v) is 12.5. The maximum absolute atomic E-state index is 13.0. The molecule has 0 spiro atoms. The van der Waals surface area contributed by atoms with Gasteiger partial charge in [-0.1, -0.05) is 29.5 Å². The molecule has 1 unspecified atom stereocenters. The third-order valence-electron chi connectivity index (χ3n) is 5.63. The Bertz CT molecular complexity index is 1310. The number of amides is 1. The third kappa shape index (κ3) is 4.17. The molecule has 0 N–H and O–H groups in total. The molecule has 2 heterocycles. The number of rotatable bonds is 5. The van der Waals surface area contributed by atoms with E-state index in [0.29, 0.717) is 35.7 Å². The number of aromatic nitrogens is 1. The molecule has 10 heteroatoms. The Balaban J connectivity index is 1.62. The maximum atomic E-state index is 13.0. The van der Waals surface area contributed by atoms with Gasteiger partial charge in [0.05, 0.1) is 35.2 Å². The van der Waals surface area contributed by atoms with Gasteiger partial charge in [-0.05, 0) is 25.0 Å². The van der Waals surface area contributed by atoms with Crippen LogP contribution in [0.15, 0.2) is 52.4 Å². The fourth-order valence-corrected chi connectivity index (χ4v) is 6.43. The van der Waals surface area contributed by atoms with Crippen molar-refractivity contribution in [2.45, 2.75) is 17.7 Å². The molecule has 3 aromatic rings. The Morgan fingerprint density at radius 1 is 1.12 bits per heavy atom. The van der Waals surface area contributed by atoms with Crippen LogP contribution in [0, 0.1) is 5.92 Å². The van der Waals surface area contributed by atoms with E-state index < -0.39 is 15.9 Å². The maximum Gasteiger partial charge on any atom is 0.252 e. The first-order valence-electron chi connectivity index (χ1n) is 10.2. The fraction of sp³-hybridized carbons (Fsp3) is 0.364. The molecule has 8 nitrogen and oxygen atoms in total. The number of thiazole rings is 1. The molecule has 0 saturated carbocycles. The van der Waals surface area contributed by atoms with Crippen molar-refractivity contribution < 1.29 is 22.7 Å². The van der Waals surface area contributed by atoms with Gasteiger partial charge in [0.25, 0.3) is 5.91 Å². The van der Waals surface area contributed by atoms with Crippen molar-refractivity contribution in [2.24, 2.45) is 18.0 Å². The predicted molar refractivity (Wildman–Crippen MR) is 122 cm³/mol. The van der Waals surface area contributed by atoms with Gasteiger partial charge in [0, 0.05) is 32.3 Å². The normalized spacial score (nSPS) is 18.1. The van der Waals surface area contributed by atoms with E-state index in [9.17, 15) is 13.2 Å². The highest BCUT2D eigenvalue weighted by Crippen LogP contribution is 2.33. The highest BCUT2D eigenvalue weighted by atomic mass is 32.2. The van der Waals surface area contributed by atoms with Gasteiger partial charge in [-0.3, -0.25) is 4.79 Å². The van der Waals surface area contributed by atoms with E-state index in [2.05, 4.69) is 4.99 Å². The van der Waals surface area contributed by atoms with Gasteiger partial charge in [-0.15, -0.1) is 0 Å². The summed E-state index contributed by atoms with van der Waals surface area (Å²) in [6.45, 7) is 0.535. The number of nitrogens with zero attached hydrogens (tertiary/aromatic N) is 3. The predicted octanol–water partition coefficient (Wildman–Crippen LogP) is 2.79. The molecule has 32 heavy (non-hydrogen) atoms. The average molecular weight is 476 g/mol. The number of carbonyl (C=O) groups excluding carboxylic acids is 1. The van der Waals surface area contributed by atoms with Crippen molar-refractivity contribution in [3.05, 3.63) is 47.3 Å². The van der Waals surface area contributed by atoms with Crippen molar-refractivity contribution in [1.29, 1.82) is 0 Å². The number of carbonyl (C=O) groups is 1. The lowest BCUT2D eigenvalue weighted by molar-refractivity contribution is -0.122. The van der Waals surface area contributed by atoms with E-state index in [-0.39, 0.29) is 17.3 Å². The number of piperidine rings is 1. The van der Waals surface area contributed by atoms with Gasteiger partial charge in [0.2, 0.25) is 10.0 Å². The summed E-state index contributed by atoms with van der Waals surface area (Å²) in [7, 11) is 1.35. The Hall–Kier alpha value is -2.69. The lowest BCUT2D eigenvalue weighted by Crippen LogP contribution is -2.42. The van der Waals surface area contributed by atoms with Crippen LogP contribution in [-0.4, -0.2) is 50.5 Å². The van der Waals surface area contributed by atoms with E-state index in [1.165, 1.54) is 15.6 Å². The van der Waals surface area contributed by atoms with Crippen LogP contribution in [0.4, 0.5) is 0 Å². The monoisotopic (exact) mass is 475 g/mol. The van der Waals surface area contributed by atoms with Crippen LogP contribution < -0.4 is 14.3 Å². The number of hydrogen-bond acceptors (Lipinski definition) is 6. The summed E-state index contributed by atoms with van der Waals surface area (Å²) < 4.78 is 40.8. The van der Waals surface area contributed by atoms with Crippen molar-refractivity contribution in [1.82, 2.24) is 8.87 Å². The zero-order valence-corrected chi connectivity index (χ0v) is 19.8. The fourth-order valence-electron chi connectivity index (χ4n) is 3.85. The van der Waals surface area contributed by atoms with E-state index in [1.807, 2.05) is 23.7 Å². The molecule has 4 rings (SSSR count). The van der Waals surface area contributed by atoms with Crippen LogP contribution in [0.2, 0.25) is 0 Å². The number of aryl methyl sites for hydroxylation is 1. The molecule has 1 fully saturated rings. The van der Waals surface area contributed by atoms with E-state index in [4.69, 9.17) is 9.47 Å². The molecule has 1 saturated heterocycles. The van der Waals surface area contributed by atoms with Crippen LogP contribution >= 0.6 is 11.3 Å². The number of benzene rings is 2. The Kier molecular flexibility index (Phi) is 6.36. The lowest BCUT2D eigenvalue weighted by Gasteiger charge is -2.30. The number of sulfonamides is 1. The van der Waals surface area contributed by atoms with Crippen molar-refractivity contribution in [3.63, 3.8) is 0 Å². The minimum Gasteiger partial charge on any atom is -0.493 e. The number of fused-ring (bicyclic) bond motifs is 1. The van der Waals surface area contributed by atoms with Crippen LogP contribution in [0.5, 0.6) is 11.5 Å². The highest BCUT2D eigenvalue weighted by molar-refractivity contribution is 7.89. The van der Waals surface area contributed by atoms with E-state index in [1.54, 1.807) is 44.6 Å². The molecule has 1 aliphatic heterocycles. The summed E-state index contributed by atoms with van der Waals surface area (Å²) in [6, 6.07) is 12.0. The number of ether oxygens (including phenoxy) is 2. The smallest absolute Gasteiger partial charge is 0.252 e. The summed E-state index contributed by atoms with van der Waals surface area (Å²) in [4.78, 5) is 18.2. The summed E-state index contributed by atoms with van der Waals surface area (Å²) >= 11 is 1.38. The van der Waals surface area contributed by atoms with Crippen LogP contribution in [-0.2, 0) is 21.9 Å². The van der Waals surface area contributed by atoms with Gasteiger partial charge in [0.1, 0.15) is 0 Å². The third-order valence-corrected chi connectivity index (χ3v) is 8.61.